The second-order valence-corrected chi connectivity index (χ2v) is 12.9. The van der Waals surface area contributed by atoms with E-state index in [1.54, 1.807) is 30.9 Å². The summed E-state index contributed by atoms with van der Waals surface area (Å²) in [5, 5.41) is 16.2. The molecule has 3 aromatic rings. The molecule has 0 aliphatic carbocycles. The lowest BCUT2D eigenvalue weighted by Gasteiger charge is -2.36. The molecule has 4 rings (SSSR count). The van der Waals surface area contributed by atoms with E-state index < -0.39 is 60.9 Å². The van der Waals surface area contributed by atoms with Gasteiger partial charge < -0.3 is 30.0 Å². The van der Waals surface area contributed by atoms with Crippen LogP contribution < -0.4 is 15.5 Å². The Kier molecular flexibility index (Phi) is 12.9. The molecule has 5 atom stereocenters. The van der Waals surface area contributed by atoms with E-state index in [1.165, 1.54) is 20.1 Å². The molecule has 0 bridgehead atoms. The van der Waals surface area contributed by atoms with Crippen molar-refractivity contribution in [1.82, 2.24) is 20.4 Å². The zero-order valence-electron chi connectivity index (χ0n) is 28.9. The van der Waals surface area contributed by atoms with Gasteiger partial charge in [-0.3, -0.25) is 24.0 Å². The number of esters is 1. The number of aliphatic hydroxyl groups excluding tert-OH is 1. The lowest BCUT2D eigenvalue weighted by molar-refractivity contribution is -0.145. The number of hydrogen-bond donors (Lipinski definition) is 3. The molecular formula is C36H46BN5O7. The maximum absolute atomic E-state index is 13.9. The van der Waals surface area contributed by atoms with Crippen molar-refractivity contribution in [3.05, 3.63) is 84.6 Å². The molecule has 2 aromatic carbocycles. The number of anilines is 1. The Hall–Kier alpha value is -4.75. The van der Waals surface area contributed by atoms with Gasteiger partial charge in [-0.1, -0.05) is 75.4 Å². The van der Waals surface area contributed by atoms with Crippen LogP contribution in [-0.4, -0.2) is 97.1 Å². The van der Waals surface area contributed by atoms with Crippen LogP contribution in [0.5, 0.6) is 0 Å². The van der Waals surface area contributed by atoms with Gasteiger partial charge >= 0.3 is 13.0 Å². The molecule has 1 fully saturated rings. The van der Waals surface area contributed by atoms with Gasteiger partial charge in [-0.2, -0.15) is 0 Å². The number of carbonyl (C=O) groups is 4. The van der Waals surface area contributed by atoms with Crippen molar-refractivity contribution < 1.29 is 33.7 Å². The number of para-hydroxylation sites is 1. The van der Waals surface area contributed by atoms with Crippen LogP contribution in [0.2, 0.25) is 0 Å². The average molecular weight is 672 g/mol. The third-order valence-electron chi connectivity index (χ3n) is 8.51. The summed E-state index contributed by atoms with van der Waals surface area (Å²) in [6.07, 6.45) is -0.941. The summed E-state index contributed by atoms with van der Waals surface area (Å²) in [4.78, 5) is 62.1. The molecule has 1 aliphatic heterocycles. The number of hydrogen-bond acceptors (Lipinski definition) is 10. The molecular weight excluding hydrogens is 625 g/mol. The minimum absolute atomic E-state index is 0.0179. The number of nitrogens with one attached hydrogen (secondary N) is 2. The second kappa shape index (κ2) is 17.1. The van der Waals surface area contributed by atoms with Gasteiger partial charge in [-0.25, -0.2) is 4.98 Å². The highest BCUT2D eigenvalue weighted by molar-refractivity contribution is 6.53. The van der Waals surface area contributed by atoms with Crippen molar-refractivity contribution in [2.24, 2.45) is 11.8 Å². The molecule has 1 aromatic heterocycles. The van der Waals surface area contributed by atoms with Gasteiger partial charge in [0.15, 0.2) is 0 Å². The van der Waals surface area contributed by atoms with Crippen molar-refractivity contribution in [1.29, 1.82) is 0 Å². The van der Waals surface area contributed by atoms with Crippen molar-refractivity contribution in [3.8, 4) is 11.3 Å². The van der Waals surface area contributed by atoms with Gasteiger partial charge in [0.1, 0.15) is 17.8 Å². The SMILES string of the molecule is COC(=O)[C@H]1CN(c2ccccc2)C[C@@H](C)C(=O)OB([C@H](CC(C)C)NC(=O)[C@@H](NC(=O)c2cccc(-c3ccccc3)n2)[C@@H](C)O)N1C. The molecule has 0 spiro atoms. The molecule has 1 saturated heterocycles. The highest BCUT2D eigenvalue weighted by atomic mass is 16.5. The van der Waals surface area contributed by atoms with Crippen LogP contribution in [0.1, 0.15) is 44.6 Å². The fraction of sp³-hybridized carbons (Fsp3) is 0.417. The molecule has 2 amide bonds. The minimum Gasteiger partial charge on any atom is -0.518 e. The number of nitrogens with zero attached hydrogens (tertiary/aromatic N) is 3. The maximum atomic E-state index is 13.9. The normalized spacial score (nSPS) is 19.1. The number of aromatic nitrogens is 1. The standard InChI is InChI=1S/C36H46BN5O7/c1-23(2)20-31(37-41(5)30(36(47)48-6)22-42(21-24(3)35(46)49-37)27-16-11-8-12-17-27)39-34(45)32(25(4)43)40-33(44)29-19-13-18-28(38-29)26-14-9-7-10-15-26/h7-19,23-25,30-32,43H,20-22H2,1-6H3,(H,39,45)(H,40,44)/t24-,25-,30-,31+,32+/m1/s1. The summed E-state index contributed by atoms with van der Waals surface area (Å²) in [5.74, 6) is -3.77. The fourth-order valence-corrected chi connectivity index (χ4v) is 5.88. The van der Waals surface area contributed by atoms with Crippen LogP contribution in [-0.2, 0) is 23.8 Å². The largest absolute Gasteiger partial charge is 0.518 e. The highest BCUT2D eigenvalue weighted by Gasteiger charge is 2.46. The first kappa shape index (κ1) is 37.1. The number of benzene rings is 2. The van der Waals surface area contributed by atoms with Gasteiger partial charge in [-0.15, -0.1) is 0 Å². The molecule has 12 nitrogen and oxygen atoms in total. The number of rotatable bonds is 11. The third-order valence-corrected chi connectivity index (χ3v) is 8.51. The predicted octanol–water partition coefficient (Wildman–Crippen LogP) is 2.96. The molecule has 0 saturated carbocycles. The van der Waals surface area contributed by atoms with Crippen molar-refractivity contribution in [3.63, 3.8) is 0 Å². The molecule has 1 aliphatic rings. The van der Waals surface area contributed by atoms with Gasteiger partial charge in [0.2, 0.25) is 5.91 Å². The molecule has 13 heteroatoms. The summed E-state index contributed by atoms with van der Waals surface area (Å²) in [6, 6.07) is 21.6. The molecule has 0 radical (unpaired) electrons. The number of amides is 2. The van der Waals surface area contributed by atoms with E-state index in [-0.39, 0.29) is 24.7 Å². The Labute approximate surface area is 288 Å². The van der Waals surface area contributed by atoms with Gasteiger partial charge in [0.05, 0.1) is 30.8 Å². The lowest BCUT2D eigenvalue weighted by atomic mass is 9.66. The van der Waals surface area contributed by atoms with Crippen molar-refractivity contribution in [2.75, 3.05) is 32.1 Å². The lowest BCUT2D eigenvalue weighted by Crippen LogP contribution is -2.64. The summed E-state index contributed by atoms with van der Waals surface area (Å²) in [6.45, 7) is 7.53. The number of likely N-dealkylation sites (N-methyl/N-ethyl adjacent to an activating group) is 1. The first-order chi connectivity index (χ1) is 23.4. The quantitative estimate of drug-likeness (QED) is 0.205. The van der Waals surface area contributed by atoms with Gasteiger partial charge in [-0.05, 0) is 50.6 Å². The Balaban J connectivity index is 1.61. The van der Waals surface area contributed by atoms with Crippen molar-refractivity contribution >= 4 is 36.5 Å². The first-order valence-corrected chi connectivity index (χ1v) is 16.5. The van der Waals surface area contributed by atoms with Crippen molar-refractivity contribution in [2.45, 2.75) is 58.2 Å². The van der Waals surface area contributed by atoms with E-state index in [2.05, 4.69) is 15.6 Å². The summed E-state index contributed by atoms with van der Waals surface area (Å²) >= 11 is 0. The topological polar surface area (TPSA) is 150 Å². The Morgan fingerprint density at radius 1 is 0.980 bits per heavy atom. The van der Waals surface area contributed by atoms with Crippen LogP contribution in [0.15, 0.2) is 78.9 Å². The maximum Gasteiger partial charge on any atom is 0.475 e. The summed E-state index contributed by atoms with van der Waals surface area (Å²) in [5.41, 5.74) is 2.29. The average Bonchev–Trinajstić information content (AvgIpc) is 3.14. The smallest absolute Gasteiger partial charge is 0.475 e. The molecule has 0 unspecified atom stereocenters. The van der Waals surface area contributed by atoms with E-state index in [0.717, 1.165) is 11.3 Å². The monoisotopic (exact) mass is 671 g/mol. The second-order valence-electron chi connectivity index (χ2n) is 12.9. The molecule has 2 heterocycles. The van der Waals surface area contributed by atoms with Gasteiger partial charge in [0.25, 0.3) is 11.9 Å². The zero-order valence-corrected chi connectivity index (χ0v) is 28.9. The number of ether oxygens (including phenoxy) is 1. The van der Waals surface area contributed by atoms with Crippen LogP contribution in [0.25, 0.3) is 11.3 Å². The van der Waals surface area contributed by atoms with Gasteiger partial charge in [0, 0.05) is 24.3 Å². The fourth-order valence-electron chi connectivity index (χ4n) is 5.88. The van der Waals surface area contributed by atoms with Crippen LogP contribution in [0, 0.1) is 11.8 Å². The number of aliphatic hydroxyl groups is 1. The number of carbonyl (C=O) groups excluding carboxylic acids is 4. The van der Waals surface area contributed by atoms with E-state index in [1.807, 2.05) is 79.4 Å². The van der Waals surface area contributed by atoms with Crippen LogP contribution in [0.3, 0.4) is 0 Å². The Morgan fingerprint density at radius 2 is 1.63 bits per heavy atom. The van der Waals surface area contributed by atoms with E-state index >= 15 is 0 Å². The molecule has 49 heavy (non-hydrogen) atoms. The Morgan fingerprint density at radius 3 is 2.24 bits per heavy atom. The predicted molar refractivity (Wildman–Crippen MR) is 187 cm³/mol. The summed E-state index contributed by atoms with van der Waals surface area (Å²) < 4.78 is 11.3. The highest BCUT2D eigenvalue weighted by Crippen LogP contribution is 2.23. The third kappa shape index (κ3) is 9.67. The molecule has 260 valence electrons. The van der Waals surface area contributed by atoms with Crippen LogP contribution >= 0.6 is 0 Å². The van der Waals surface area contributed by atoms with Crippen LogP contribution in [0.4, 0.5) is 5.69 Å². The minimum atomic E-state index is -1.37. The number of methoxy groups -OCH3 is 1. The Bertz CT molecular complexity index is 1580. The summed E-state index contributed by atoms with van der Waals surface area (Å²) in [7, 11) is 1.86. The van der Waals surface area contributed by atoms with E-state index in [9.17, 15) is 24.3 Å². The first-order valence-electron chi connectivity index (χ1n) is 16.5. The zero-order chi connectivity index (χ0) is 35.7. The van der Waals surface area contributed by atoms with E-state index in [4.69, 9.17) is 9.39 Å². The number of pyridine rings is 1. The van der Waals surface area contributed by atoms with E-state index in [0.29, 0.717) is 12.1 Å². The molecule has 3 N–H and O–H groups in total.